The zero-order valence-electron chi connectivity index (χ0n) is 5.95. The molecule has 10 heavy (non-hydrogen) atoms. The summed E-state index contributed by atoms with van der Waals surface area (Å²) in [6.07, 6.45) is 4.32. The second-order valence-corrected chi connectivity index (χ2v) is 3.98. The van der Waals surface area contributed by atoms with Crippen molar-refractivity contribution >= 4 is 21.9 Å². The largest absolute Gasteiger partial charge is 0.396 e. The molecule has 0 spiro atoms. The first-order chi connectivity index (χ1) is 4.91. The van der Waals surface area contributed by atoms with E-state index in [0.29, 0.717) is 6.61 Å². The van der Waals surface area contributed by atoms with Gasteiger partial charge in [-0.25, -0.2) is 0 Å². The van der Waals surface area contributed by atoms with Gasteiger partial charge in [-0.2, -0.15) is 0 Å². The van der Waals surface area contributed by atoms with Crippen LogP contribution in [-0.4, -0.2) is 22.0 Å². The predicted molar refractivity (Wildman–Crippen MR) is 48.2 cm³/mol. The van der Waals surface area contributed by atoms with Crippen LogP contribution in [0.1, 0.15) is 25.7 Å². The highest BCUT2D eigenvalue weighted by Crippen LogP contribution is 2.18. The van der Waals surface area contributed by atoms with Crippen LogP contribution in [0, 0.1) is 0 Å². The summed E-state index contributed by atoms with van der Waals surface area (Å²) in [5, 5.41) is 8.42. The van der Waals surface area contributed by atoms with Gasteiger partial charge >= 0.3 is 0 Å². The molecule has 0 heterocycles. The summed E-state index contributed by atoms with van der Waals surface area (Å²) in [6, 6.07) is 0. The van der Waals surface area contributed by atoms with Gasteiger partial charge in [0.15, 0.2) is 0 Å². The molecule has 2 N–H and O–H groups in total. The summed E-state index contributed by atoms with van der Waals surface area (Å²) in [7, 11) is 1.48. The maximum absolute atomic E-state index is 8.42. The molecule has 0 aliphatic rings. The van der Waals surface area contributed by atoms with Crippen molar-refractivity contribution in [3.63, 3.8) is 0 Å². The second-order valence-electron chi connectivity index (χ2n) is 2.03. The van der Waals surface area contributed by atoms with E-state index >= 15 is 0 Å². The number of rotatable bonds is 7. The molecule has 0 radical (unpaired) electrons. The third kappa shape index (κ3) is 8.62. The van der Waals surface area contributed by atoms with Gasteiger partial charge in [-0.05, 0) is 12.8 Å². The molecule has 62 valence electrons. The summed E-state index contributed by atoms with van der Waals surface area (Å²) < 4.78 is 8.31. The SMILES string of the molecule is OCCCCCCSSO. The lowest BCUT2D eigenvalue weighted by molar-refractivity contribution is 0.283. The molecule has 0 aromatic carbocycles. The Balaban J connectivity index is 2.65. The van der Waals surface area contributed by atoms with E-state index in [-0.39, 0.29) is 0 Å². The van der Waals surface area contributed by atoms with Crippen LogP contribution in [-0.2, 0) is 0 Å². The fraction of sp³-hybridized carbons (Fsp3) is 1.00. The van der Waals surface area contributed by atoms with Crippen molar-refractivity contribution in [1.29, 1.82) is 0 Å². The van der Waals surface area contributed by atoms with Gasteiger partial charge in [-0.1, -0.05) is 23.6 Å². The highest BCUT2D eigenvalue weighted by molar-refractivity contribution is 8.74. The summed E-state index contributed by atoms with van der Waals surface area (Å²) in [5.41, 5.74) is 0. The van der Waals surface area contributed by atoms with Crippen LogP contribution in [0.4, 0.5) is 0 Å². The quantitative estimate of drug-likeness (QED) is 0.360. The van der Waals surface area contributed by atoms with E-state index in [1.165, 1.54) is 10.8 Å². The number of unbranched alkanes of at least 4 members (excludes halogenated alkanes) is 3. The molecule has 0 aromatic heterocycles. The average molecular weight is 182 g/mol. The Kier molecular flexibility index (Phi) is 10.2. The Morgan fingerprint density at radius 1 is 1.00 bits per heavy atom. The molecule has 0 atom stereocenters. The molecule has 0 aliphatic heterocycles. The van der Waals surface area contributed by atoms with Gasteiger partial charge in [-0.15, -0.1) is 0 Å². The van der Waals surface area contributed by atoms with E-state index in [0.717, 1.165) is 42.5 Å². The molecule has 4 heteroatoms. The van der Waals surface area contributed by atoms with Gasteiger partial charge in [0.25, 0.3) is 0 Å². The monoisotopic (exact) mass is 182 g/mol. The zero-order chi connectivity index (χ0) is 7.66. The molecule has 0 aromatic rings. The standard InChI is InChI=1S/C6H14O2S2/c7-5-3-1-2-4-6-9-10-8/h7-8H,1-6H2. The molecule has 0 fully saturated rings. The van der Waals surface area contributed by atoms with Gasteiger partial charge in [0.05, 0.1) is 11.1 Å². The van der Waals surface area contributed by atoms with Crippen LogP contribution in [0.25, 0.3) is 0 Å². The predicted octanol–water partition coefficient (Wildman–Crippen LogP) is 2.39. The first-order valence-corrected chi connectivity index (χ1v) is 5.73. The maximum atomic E-state index is 8.42. The van der Waals surface area contributed by atoms with E-state index in [9.17, 15) is 0 Å². The van der Waals surface area contributed by atoms with Crippen LogP contribution in [0.3, 0.4) is 0 Å². The molecule has 0 bridgehead atoms. The van der Waals surface area contributed by atoms with Gasteiger partial charge in [-0.3, -0.25) is 0 Å². The molecule has 0 aliphatic carbocycles. The van der Waals surface area contributed by atoms with Crippen LogP contribution in [0.5, 0.6) is 0 Å². The molecule has 0 saturated heterocycles. The van der Waals surface area contributed by atoms with Crippen molar-refractivity contribution in [2.45, 2.75) is 25.7 Å². The molecule has 0 saturated carbocycles. The lowest BCUT2D eigenvalue weighted by Crippen LogP contribution is -1.84. The van der Waals surface area contributed by atoms with E-state index in [1.54, 1.807) is 0 Å². The number of hydrogen-bond donors (Lipinski definition) is 2. The first kappa shape index (κ1) is 10.6. The zero-order valence-corrected chi connectivity index (χ0v) is 7.59. The van der Waals surface area contributed by atoms with Crippen LogP contribution in [0.15, 0.2) is 0 Å². The Morgan fingerprint density at radius 2 is 1.70 bits per heavy atom. The van der Waals surface area contributed by atoms with Gasteiger partial charge in [0.1, 0.15) is 0 Å². The van der Waals surface area contributed by atoms with Crippen LogP contribution < -0.4 is 0 Å². The Bertz CT molecular complexity index is 53.7. The highest BCUT2D eigenvalue weighted by Gasteiger charge is 1.89. The van der Waals surface area contributed by atoms with E-state index in [2.05, 4.69) is 0 Å². The number of aliphatic hydroxyl groups excluding tert-OH is 1. The summed E-state index contributed by atoms with van der Waals surface area (Å²) in [5.74, 6) is 1.01. The van der Waals surface area contributed by atoms with Crippen molar-refractivity contribution in [3.05, 3.63) is 0 Å². The molecular weight excluding hydrogens is 168 g/mol. The number of hydrogen-bond acceptors (Lipinski definition) is 4. The Hall–Kier alpha value is 0.620. The maximum Gasteiger partial charge on any atom is 0.0593 e. The van der Waals surface area contributed by atoms with Gasteiger partial charge < -0.3 is 9.66 Å². The minimum atomic E-state index is 0.307. The van der Waals surface area contributed by atoms with E-state index in [1.807, 2.05) is 0 Å². The molecule has 0 unspecified atom stereocenters. The normalized spacial score (nSPS) is 10.2. The first-order valence-electron chi connectivity index (χ1n) is 3.45. The summed E-state index contributed by atoms with van der Waals surface area (Å²) >= 11 is 0.833. The van der Waals surface area contributed by atoms with Crippen molar-refractivity contribution in [3.8, 4) is 0 Å². The number of aliphatic hydroxyl groups is 1. The molecular formula is C6H14O2S2. The lowest BCUT2D eigenvalue weighted by atomic mass is 10.2. The van der Waals surface area contributed by atoms with Crippen molar-refractivity contribution < 1.29 is 9.66 Å². The van der Waals surface area contributed by atoms with Crippen LogP contribution >= 0.6 is 21.9 Å². The van der Waals surface area contributed by atoms with E-state index in [4.69, 9.17) is 9.66 Å². The Labute approximate surface area is 70.0 Å². The summed E-state index contributed by atoms with van der Waals surface area (Å²) in [4.78, 5) is 0. The fourth-order valence-corrected chi connectivity index (χ4v) is 1.64. The topological polar surface area (TPSA) is 40.5 Å². The van der Waals surface area contributed by atoms with Gasteiger partial charge in [0, 0.05) is 12.4 Å². The second kappa shape index (κ2) is 9.62. The minimum absolute atomic E-state index is 0.307. The average Bonchev–Trinajstić information content (AvgIpc) is 1.97. The van der Waals surface area contributed by atoms with Gasteiger partial charge in [0.2, 0.25) is 0 Å². The van der Waals surface area contributed by atoms with Crippen molar-refractivity contribution in [1.82, 2.24) is 0 Å². The molecule has 2 nitrogen and oxygen atoms in total. The third-order valence-corrected chi connectivity index (χ3v) is 2.57. The highest BCUT2D eigenvalue weighted by atomic mass is 33.1. The summed E-state index contributed by atoms with van der Waals surface area (Å²) in [6.45, 7) is 0.307. The smallest absolute Gasteiger partial charge is 0.0593 e. The molecule has 0 rings (SSSR count). The van der Waals surface area contributed by atoms with Crippen molar-refractivity contribution in [2.75, 3.05) is 12.4 Å². The van der Waals surface area contributed by atoms with Crippen molar-refractivity contribution in [2.24, 2.45) is 0 Å². The lowest BCUT2D eigenvalue weighted by Gasteiger charge is -1.96. The van der Waals surface area contributed by atoms with Crippen LogP contribution in [0.2, 0.25) is 0 Å². The Morgan fingerprint density at radius 3 is 2.30 bits per heavy atom. The van der Waals surface area contributed by atoms with E-state index < -0.39 is 0 Å². The third-order valence-electron chi connectivity index (χ3n) is 1.19. The minimum Gasteiger partial charge on any atom is -0.396 e. The molecule has 0 amide bonds. The fourth-order valence-electron chi connectivity index (χ4n) is 0.664.